The van der Waals surface area contributed by atoms with Crippen molar-refractivity contribution in [3.8, 4) is 0 Å². The van der Waals surface area contributed by atoms with Crippen LogP contribution >= 0.6 is 0 Å². The van der Waals surface area contributed by atoms with Gasteiger partial charge < -0.3 is 4.85 Å². The van der Waals surface area contributed by atoms with Gasteiger partial charge in [-0.1, -0.05) is 0 Å². The van der Waals surface area contributed by atoms with E-state index in [1.54, 1.807) is 0 Å². The van der Waals surface area contributed by atoms with Crippen LogP contribution in [0.2, 0.25) is 0 Å². The molecule has 1 N–H and O–H groups in total. The lowest BCUT2D eigenvalue weighted by atomic mass is 9.92. The van der Waals surface area contributed by atoms with E-state index in [1.165, 1.54) is 0 Å². The molecule has 0 unspecified atom stereocenters. The molecule has 4 nitrogen and oxygen atoms in total. The third-order valence-electron chi connectivity index (χ3n) is 3.07. The molecule has 1 rings (SSSR count). The highest BCUT2D eigenvalue weighted by Crippen LogP contribution is 2.37. The number of hydrogen-bond acceptors (Lipinski definition) is 2. The minimum absolute atomic E-state index is 0.179. The highest BCUT2D eigenvalue weighted by molar-refractivity contribution is 7.85. The molecule has 0 bridgehead atoms. The van der Waals surface area contributed by atoms with Crippen LogP contribution in [0.1, 0.15) is 44.9 Å². The van der Waals surface area contributed by atoms with Crippen molar-refractivity contribution in [2.45, 2.75) is 50.5 Å². The number of hydrogen-bond donors (Lipinski definition) is 1. The topological polar surface area (TPSA) is 58.7 Å². The van der Waals surface area contributed by atoms with Crippen LogP contribution in [0.25, 0.3) is 4.85 Å². The van der Waals surface area contributed by atoms with Crippen LogP contribution in [0, 0.1) is 6.57 Å². The molecule has 0 aromatic heterocycles. The number of rotatable bonds is 5. The van der Waals surface area contributed by atoms with Gasteiger partial charge in [-0.3, -0.25) is 4.55 Å². The van der Waals surface area contributed by atoms with Crippen LogP contribution in [-0.2, 0) is 10.1 Å². The maximum Gasteiger partial charge on any atom is 0.264 e. The van der Waals surface area contributed by atoms with Crippen molar-refractivity contribution in [1.29, 1.82) is 0 Å². The molecule has 1 aliphatic carbocycles. The molecular formula is C10H17NO3S. The van der Waals surface area contributed by atoms with Crippen molar-refractivity contribution in [3.05, 3.63) is 11.4 Å². The van der Waals surface area contributed by atoms with E-state index in [2.05, 4.69) is 4.85 Å². The maximum atomic E-state index is 10.5. The molecule has 0 heterocycles. The van der Waals surface area contributed by atoms with Crippen LogP contribution in [0.15, 0.2) is 0 Å². The molecular weight excluding hydrogens is 214 g/mol. The zero-order valence-corrected chi connectivity index (χ0v) is 9.59. The highest BCUT2D eigenvalue weighted by atomic mass is 32.2. The fourth-order valence-electron chi connectivity index (χ4n) is 2.19. The molecule has 0 atom stereocenters. The summed E-state index contributed by atoms with van der Waals surface area (Å²) in [7, 11) is -3.82. The van der Waals surface area contributed by atoms with Crippen LogP contribution in [-0.4, -0.2) is 24.3 Å². The largest absolute Gasteiger partial charge is 0.310 e. The van der Waals surface area contributed by atoms with E-state index in [0.29, 0.717) is 12.8 Å². The standard InChI is InChI=1S/C10H17NO3S/c1-11-10(6-2-3-7-10)8-4-5-9-15(12,13)14/h2-9H2,(H,12,13,14). The van der Waals surface area contributed by atoms with Gasteiger partial charge in [-0.15, -0.1) is 0 Å². The second-order valence-electron chi connectivity index (χ2n) is 4.29. The second-order valence-corrected chi connectivity index (χ2v) is 5.86. The van der Waals surface area contributed by atoms with E-state index >= 15 is 0 Å². The first-order valence-corrected chi connectivity index (χ1v) is 6.92. The molecule has 1 saturated carbocycles. The Morgan fingerprint density at radius 2 is 1.87 bits per heavy atom. The first-order chi connectivity index (χ1) is 6.97. The third kappa shape index (κ3) is 4.18. The van der Waals surface area contributed by atoms with E-state index in [0.717, 1.165) is 32.1 Å². The molecule has 1 fully saturated rings. The van der Waals surface area contributed by atoms with Crippen LogP contribution in [0.5, 0.6) is 0 Å². The van der Waals surface area contributed by atoms with Gasteiger partial charge in [-0.2, -0.15) is 8.42 Å². The molecule has 5 heteroatoms. The Hall–Kier alpha value is -0.600. The molecule has 0 aromatic carbocycles. The summed E-state index contributed by atoms with van der Waals surface area (Å²) in [6.45, 7) is 7.16. The summed E-state index contributed by atoms with van der Waals surface area (Å²) in [4.78, 5) is 3.69. The van der Waals surface area contributed by atoms with Gasteiger partial charge in [0.1, 0.15) is 0 Å². The van der Waals surface area contributed by atoms with Crippen LogP contribution < -0.4 is 0 Å². The first kappa shape index (κ1) is 12.5. The van der Waals surface area contributed by atoms with Gasteiger partial charge in [0.2, 0.25) is 5.54 Å². The van der Waals surface area contributed by atoms with E-state index in [4.69, 9.17) is 11.1 Å². The summed E-state index contributed by atoms with van der Waals surface area (Å²) in [5.41, 5.74) is -0.223. The lowest BCUT2D eigenvalue weighted by Gasteiger charge is -2.14. The van der Waals surface area contributed by atoms with Gasteiger partial charge >= 0.3 is 0 Å². The second kappa shape index (κ2) is 4.95. The zero-order chi connectivity index (χ0) is 11.4. The fourth-order valence-corrected chi connectivity index (χ4v) is 2.76. The van der Waals surface area contributed by atoms with E-state index in [1.807, 2.05) is 0 Å². The van der Waals surface area contributed by atoms with Gasteiger partial charge in [0.25, 0.3) is 10.1 Å². The fraction of sp³-hybridized carbons (Fsp3) is 0.900. The normalized spacial score (nSPS) is 20.0. The number of unbranched alkanes of at least 4 members (excludes halogenated alkanes) is 1. The average molecular weight is 231 g/mol. The Labute approximate surface area is 91.2 Å². The molecule has 0 aromatic rings. The number of nitrogens with zero attached hydrogens (tertiary/aromatic N) is 1. The maximum absolute atomic E-state index is 10.5. The molecule has 86 valence electrons. The molecule has 0 amide bonds. The molecule has 0 saturated heterocycles. The van der Waals surface area contributed by atoms with Crippen molar-refractivity contribution in [2.75, 3.05) is 5.75 Å². The Morgan fingerprint density at radius 3 is 2.33 bits per heavy atom. The molecule has 0 aliphatic heterocycles. The third-order valence-corrected chi connectivity index (χ3v) is 3.87. The Bertz CT molecular complexity index is 336. The lowest BCUT2D eigenvalue weighted by molar-refractivity contribution is 0.449. The van der Waals surface area contributed by atoms with Gasteiger partial charge in [-0.25, -0.2) is 6.57 Å². The zero-order valence-electron chi connectivity index (χ0n) is 8.78. The van der Waals surface area contributed by atoms with Crippen LogP contribution in [0.3, 0.4) is 0 Å². The first-order valence-electron chi connectivity index (χ1n) is 5.31. The average Bonchev–Trinajstić information content (AvgIpc) is 2.60. The summed E-state index contributed by atoms with van der Waals surface area (Å²) >= 11 is 0. The predicted octanol–water partition coefficient (Wildman–Crippen LogP) is 2.28. The highest BCUT2D eigenvalue weighted by Gasteiger charge is 2.39. The monoisotopic (exact) mass is 231 g/mol. The predicted molar refractivity (Wildman–Crippen MR) is 58.1 cm³/mol. The van der Waals surface area contributed by atoms with Crippen LogP contribution in [0.4, 0.5) is 0 Å². The molecule has 1 aliphatic rings. The summed E-state index contributed by atoms with van der Waals surface area (Å²) < 4.78 is 29.5. The Balaban J connectivity index is 2.28. The Morgan fingerprint density at radius 1 is 1.27 bits per heavy atom. The van der Waals surface area contributed by atoms with Gasteiger partial charge in [-0.05, 0) is 25.7 Å². The minimum Gasteiger partial charge on any atom is -0.310 e. The summed E-state index contributed by atoms with van der Waals surface area (Å²) in [5.74, 6) is -0.179. The van der Waals surface area contributed by atoms with Crippen molar-refractivity contribution in [2.24, 2.45) is 0 Å². The summed E-state index contributed by atoms with van der Waals surface area (Å²) in [5, 5.41) is 0. The van der Waals surface area contributed by atoms with Gasteiger partial charge in [0.05, 0.1) is 5.75 Å². The molecule has 0 spiro atoms. The van der Waals surface area contributed by atoms with E-state index in [9.17, 15) is 8.42 Å². The summed E-state index contributed by atoms with van der Waals surface area (Å²) in [6, 6.07) is 0. The van der Waals surface area contributed by atoms with E-state index in [-0.39, 0.29) is 11.3 Å². The lowest BCUT2D eigenvalue weighted by Crippen LogP contribution is -2.19. The van der Waals surface area contributed by atoms with Gasteiger partial charge in [0.15, 0.2) is 0 Å². The summed E-state index contributed by atoms with van der Waals surface area (Å²) in [6.07, 6.45) is 6.05. The van der Waals surface area contributed by atoms with Crippen molar-refractivity contribution in [3.63, 3.8) is 0 Å². The van der Waals surface area contributed by atoms with Crippen molar-refractivity contribution >= 4 is 10.1 Å². The smallest absolute Gasteiger partial charge is 0.264 e. The molecule has 15 heavy (non-hydrogen) atoms. The SMILES string of the molecule is [C-]#[N+]C1(CCCCS(=O)(=O)O)CCCC1. The van der Waals surface area contributed by atoms with E-state index < -0.39 is 10.1 Å². The van der Waals surface area contributed by atoms with Crippen molar-refractivity contribution in [1.82, 2.24) is 0 Å². The Kier molecular flexibility index (Phi) is 4.12. The van der Waals surface area contributed by atoms with Crippen molar-refractivity contribution < 1.29 is 13.0 Å². The quantitative estimate of drug-likeness (QED) is 0.448. The van der Waals surface area contributed by atoms with Gasteiger partial charge in [0, 0.05) is 19.3 Å². The minimum atomic E-state index is -3.82. The molecule has 0 radical (unpaired) electrons.